The number of hydrogen-bond donors (Lipinski definition) is 0. The summed E-state index contributed by atoms with van der Waals surface area (Å²) < 4.78 is 28.1. The average Bonchev–Trinajstić information content (AvgIpc) is 2.59. The highest BCUT2D eigenvalue weighted by Gasteiger charge is 2.26. The quantitative estimate of drug-likeness (QED) is 0.771. The first-order valence-corrected chi connectivity index (χ1v) is 7.78. The molecule has 1 aliphatic rings. The third-order valence-electron chi connectivity index (χ3n) is 2.66. The van der Waals surface area contributed by atoms with E-state index in [2.05, 4.69) is 0 Å². The van der Waals surface area contributed by atoms with Crippen LogP contribution in [-0.4, -0.2) is 21.6 Å². The van der Waals surface area contributed by atoms with Crippen LogP contribution in [-0.2, 0) is 26.6 Å². The predicted molar refractivity (Wildman–Crippen MR) is 60.2 cm³/mol. The van der Waals surface area contributed by atoms with E-state index in [1.807, 2.05) is 5.38 Å². The molecule has 1 aromatic heterocycles. The molecule has 0 fully saturated rings. The molecule has 3 nitrogen and oxygen atoms in total. The van der Waals surface area contributed by atoms with E-state index in [1.54, 1.807) is 7.11 Å². The molecule has 0 saturated carbocycles. The van der Waals surface area contributed by atoms with Gasteiger partial charge in [-0.1, -0.05) is 0 Å². The molecule has 0 amide bonds. The molecule has 1 aliphatic carbocycles. The van der Waals surface area contributed by atoms with Crippen molar-refractivity contribution >= 4 is 31.1 Å². The minimum atomic E-state index is -3.58. The molecular weight excluding hydrogens is 256 g/mol. The Morgan fingerprint density at radius 3 is 2.93 bits per heavy atom. The van der Waals surface area contributed by atoms with Crippen molar-refractivity contribution in [1.82, 2.24) is 0 Å². The Kier molecular flexibility index (Phi) is 3.07. The molecule has 1 atom stereocenters. The van der Waals surface area contributed by atoms with Gasteiger partial charge in [0.15, 0.2) is 0 Å². The third kappa shape index (κ3) is 2.20. The second-order valence-electron chi connectivity index (χ2n) is 3.57. The molecule has 6 heteroatoms. The van der Waals surface area contributed by atoms with Gasteiger partial charge in [-0.2, -0.15) is 0 Å². The number of hydrogen-bond acceptors (Lipinski definition) is 4. The molecule has 1 unspecified atom stereocenters. The Morgan fingerprint density at radius 1 is 1.60 bits per heavy atom. The number of methoxy groups -OCH3 is 1. The van der Waals surface area contributed by atoms with Crippen molar-refractivity contribution in [3.05, 3.63) is 16.5 Å². The maximum atomic E-state index is 11.3. The van der Waals surface area contributed by atoms with E-state index in [0.29, 0.717) is 4.21 Å². The van der Waals surface area contributed by atoms with Gasteiger partial charge in [0.2, 0.25) is 0 Å². The maximum absolute atomic E-state index is 11.3. The fraction of sp³-hybridized carbons (Fsp3) is 0.556. The smallest absolute Gasteiger partial charge is 0.271 e. The first kappa shape index (κ1) is 11.4. The lowest BCUT2D eigenvalue weighted by Gasteiger charge is -2.21. The Balaban J connectivity index is 2.38. The molecule has 0 saturated heterocycles. The van der Waals surface area contributed by atoms with Crippen molar-refractivity contribution in [2.24, 2.45) is 0 Å². The van der Waals surface area contributed by atoms with Gasteiger partial charge in [-0.05, 0) is 35.8 Å². The summed E-state index contributed by atoms with van der Waals surface area (Å²) in [6.45, 7) is 0. The van der Waals surface area contributed by atoms with Crippen molar-refractivity contribution in [2.75, 3.05) is 7.11 Å². The summed E-state index contributed by atoms with van der Waals surface area (Å²) >= 11 is 1.21. The molecule has 15 heavy (non-hydrogen) atoms. The standard InChI is InChI=1S/C9H11ClO3S2/c1-13-7-2-3-8-6(4-7)5-14-9(8)15(10,11)12/h5,7H,2-4H2,1H3. The molecule has 1 heterocycles. The lowest BCUT2D eigenvalue weighted by Crippen LogP contribution is -2.20. The zero-order chi connectivity index (χ0) is 11.1. The summed E-state index contributed by atoms with van der Waals surface area (Å²) in [4.78, 5) is 0. The zero-order valence-electron chi connectivity index (χ0n) is 8.20. The molecule has 2 rings (SSSR count). The van der Waals surface area contributed by atoms with Gasteiger partial charge >= 0.3 is 0 Å². The highest BCUT2D eigenvalue weighted by molar-refractivity contribution is 8.15. The molecule has 0 N–H and O–H groups in total. The highest BCUT2D eigenvalue weighted by atomic mass is 35.7. The third-order valence-corrected chi connectivity index (χ3v) is 5.90. The van der Waals surface area contributed by atoms with E-state index >= 15 is 0 Å². The van der Waals surface area contributed by atoms with Gasteiger partial charge < -0.3 is 4.74 Å². The van der Waals surface area contributed by atoms with E-state index < -0.39 is 9.05 Å². The van der Waals surface area contributed by atoms with Crippen LogP contribution in [0.15, 0.2) is 9.59 Å². The summed E-state index contributed by atoms with van der Waals surface area (Å²) in [7, 11) is 3.47. The Hall–Kier alpha value is -0.100. The predicted octanol–water partition coefficient (Wildman–Crippen LogP) is 2.18. The SMILES string of the molecule is COC1CCc2c(csc2S(=O)(=O)Cl)C1. The Morgan fingerprint density at radius 2 is 2.33 bits per heavy atom. The maximum Gasteiger partial charge on any atom is 0.271 e. The molecule has 0 spiro atoms. The van der Waals surface area contributed by atoms with Crippen LogP contribution < -0.4 is 0 Å². The summed E-state index contributed by atoms with van der Waals surface area (Å²) in [5, 5.41) is 1.87. The van der Waals surface area contributed by atoms with Crippen LogP contribution in [0.5, 0.6) is 0 Å². The van der Waals surface area contributed by atoms with Crippen molar-refractivity contribution in [3.63, 3.8) is 0 Å². The molecule has 0 radical (unpaired) electrons. The zero-order valence-corrected chi connectivity index (χ0v) is 10.6. The summed E-state index contributed by atoms with van der Waals surface area (Å²) in [5.74, 6) is 0. The first-order chi connectivity index (χ1) is 7.02. The summed E-state index contributed by atoms with van der Waals surface area (Å²) in [6, 6.07) is 0. The number of halogens is 1. The van der Waals surface area contributed by atoms with Gasteiger partial charge in [0, 0.05) is 17.8 Å². The van der Waals surface area contributed by atoms with Crippen LogP contribution in [0.4, 0.5) is 0 Å². The number of ether oxygens (including phenoxy) is 1. The van der Waals surface area contributed by atoms with Gasteiger partial charge in [0.1, 0.15) is 4.21 Å². The number of thiophene rings is 1. The van der Waals surface area contributed by atoms with Gasteiger partial charge in [-0.15, -0.1) is 11.3 Å². The van der Waals surface area contributed by atoms with E-state index in [0.717, 1.165) is 30.4 Å². The normalized spacial score (nSPS) is 21.3. The van der Waals surface area contributed by atoms with Gasteiger partial charge in [-0.3, -0.25) is 0 Å². The summed E-state index contributed by atoms with van der Waals surface area (Å²) in [5.41, 5.74) is 1.96. The van der Waals surface area contributed by atoms with Crippen LogP contribution in [0.25, 0.3) is 0 Å². The lowest BCUT2D eigenvalue weighted by molar-refractivity contribution is 0.0910. The van der Waals surface area contributed by atoms with Gasteiger partial charge in [0.25, 0.3) is 9.05 Å². The molecule has 0 bridgehead atoms. The molecule has 1 aromatic rings. The van der Waals surface area contributed by atoms with E-state index in [-0.39, 0.29) is 6.10 Å². The molecule has 0 aliphatic heterocycles. The van der Waals surface area contributed by atoms with Crippen molar-refractivity contribution in [2.45, 2.75) is 29.6 Å². The minimum Gasteiger partial charge on any atom is -0.381 e. The largest absolute Gasteiger partial charge is 0.381 e. The van der Waals surface area contributed by atoms with Crippen molar-refractivity contribution in [1.29, 1.82) is 0 Å². The lowest BCUT2D eigenvalue weighted by atomic mass is 9.93. The fourth-order valence-corrected chi connectivity index (χ4v) is 4.49. The highest BCUT2D eigenvalue weighted by Crippen LogP contribution is 2.35. The Labute approximate surface area is 97.4 Å². The molecule has 84 valence electrons. The Bertz CT molecular complexity index is 464. The van der Waals surface area contributed by atoms with Crippen LogP contribution in [0.1, 0.15) is 17.5 Å². The average molecular weight is 267 g/mol. The van der Waals surface area contributed by atoms with Crippen molar-refractivity contribution in [3.8, 4) is 0 Å². The van der Waals surface area contributed by atoms with Crippen LogP contribution in [0, 0.1) is 0 Å². The van der Waals surface area contributed by atoms with Crippen molar-refractivity contribution < 1.29 is 13.2 Å². The minimum absolute atomic E-state index is 0.206. The summed E-state index contributed by atoms with van der Waals surface area (Å²) in [6.07, 6.45) is 2.59. The van der Waals surface area contributed by atoms with Gasteiger partial charge in [-0.25, -0.2) is 8.42 Å². The first-order valence-electron chi connectivity index (χ1n) is 4.59. The van der Waals surface area contributed by atoms with Crippen LogP contribution >= 0.6 is 22.0 Å². The van der Waals surface area contributed by atoms with Gasteiger partial charge in [0.05, 0.1) is 6.10 Å². The molecular formula is C9H11ClO3S2. The van der Waals surface area contributed by atoms with Crippen LogP contribution in [0.3, 0.4) is 0 Å². The second kappa shape index (κ2) is 4.05. The second-order valence-corrected chi connectivity index (χ2v) is 7.21. The number of fused-ring (bicyclic) bond motifs is 1. The monoisotopic (exact) mass is 266 g/mol. The number of rotatable bonds is 2. The fourth-order valence-electron chi connectivity index (χ4n) is 1.89. The van der Waals surface area contributed by atoms with E-state index in [4.69, 9.17) is 15.4 Å². The van der Waals surface area contributed by atoms with Crippen LogP contribution in [0.2, 0.25) is 0 Å². The topological polar surface area (TPSA) is 43.4 Å². The van der Waals surface area contributed by atoms with E-state index in [9.17, 15) is 8.42 Å². The van der Waals surface area contributed by atoms with E-state index in [1.165, 1.54) is 11.3 Å². The molecule has 0 aromatic carbocycles.